The molecule has 0 aliphatic rings. The summed E-state index contributed by atoms with van der Waals surface area (Å²) >= 11 is 30.3. The van der Waals surface area contributed by atoms with Crippen LogP contribution in [0.15, 0.2) is 278 Å². The van der Waals surface area contributed by atoms with E-state index in [1.807, 2.05) is 54.6 Å². The third-order valence-electron chi connectivity index (χ3n) is 16.2. The Morgan fingerprint density at radius 2 is 0.718 bits per heavy atom. The van der Waals surface area contributed by atoms with E-state index in [0.29, 0.717) is 58.7 Å². The normalized spacial score (nSPS) is 11.3. The smallest absolute Gasteiger partial charge is 0.850 e. The molecule has 11 rings (SSSR count). The molecule has 2 heterocycles. The number of hydrogen-bond acceptors (Lipinski definition) is 18. The zero-order valence-corrected chi connectivity index (χ0v) is 84.5. The van der Waals surface area contributed by atoms with Gasteiger partial charge in [0.1, 0.15) is 0 Å². The first kappa shape index (κ1) is 110. The number of ether oxygens (including phenoxy) is 1. The molecule has 9 aromatic carbocycles. The molecular weight excluding hydrogens is 1900 g/mol. The van der Waals surface area contributed by atoms with Crippen LogP contribution in [-0.4, -0.2) is 67.1 Å². The van der Waals surface area contributed by atoms with E-state index in [9.17, 15) is 53.2 Å². The average Bonchev–Trinajstić information content (AvgIpc) is 0.790. The molecule has 0 fully saturated rings. The van der Waals surface area contributed by atoms with Gasteiger partial charge < -0.3 is 26.6 Å². The summed E-state index contributed by atoms with van der Waals surface area (Å²) in [5, 5.41) is 15.4. The van der Waals surface area contributed by atoms with Gasteiger partial charge in [0, 0.05) is 102 Å². The van der Waals surface area contributed by atoms with E-state index >= 15 is 0 Å². The van der Waals surface area contributed by atoms with Crippen molar-refractivity contribution >= 4 is 197 Å². The number of para-hydroxylation sites is 1. The molecule has 0 saturated carbocycles. The van der Waals surface area contributed by atoms with Gasteiger partial charge in [-0.1, -0.05) is 217 Å². The van der Waals surface area contributed by atoms with Crippen molar-refractivity contribution in [3.63, 3.8) is 0 Å². The van der Waals surface area contributed by atoms with E-state index in [0.717, 1.165) is 38.1 Å². The number of anilines is 9. The van der Waals surface area contributed by atoms with Crippen molar-refractivity contribution in [2.45, 2.75) is 171 Å². The maximum atomic E-state index is 13.1. The molecule has 2 aromatic heterocycles. The number of carbonyl (C=O) groups is 3. The number of sulfonamides is 3. The summed E-state index contributed by atoms with van der Waals surface area (Å²) < 4.78 is 112. The van der Waals surface area contributed by atoms with Crippen LogP contribution >= 0.6 is 88.9 Å². The Morgan fingerprint density at radius 3 is 1.03 bits per heavy atom. The second kappa shape index (κ2) is 48.7. The fraction of sp³-hybridized carbons (Fsp3) is 0.256. The molecular formula is C90H103Br2Cl5N9NaO13S4. The Balaban J connectivity index is 0.000000392. The summed E-state index contributed by atoms with van der Waals surface area (Å²) in [7, 11) is -9.67. The summed E-state index contributed by atoms with van der Waals surface area (Å²) in [6.07, 6.45) is 6.40. The third kappa shape index (κ3) is 39.8. The van der Waals surface area contributed by atoms with Gasteiger partial charge >= 0.3 is 41.5 Å². The van der Waals surface area contributed by atoms with Gasteiger partial charge in [-0.3, -0.25) is 43.4 Å². The number of esters is 2. The van der Waals surface area contributed by atoms with Crippen LogP contribution in [0.25, 0.3) is 0 Å². The Kier molecular flexibility index (Phi) is 43.2. The summed E-state index contributed by atoms with van der Waals surface area (Å²) in [5.41, 5.74) is 19.0. The number of aromatic nitrogens is 2. The zero-order chi connectivity index (χ0) is 93.0. The van der Waals surface area contributed by atoms with E-state index in [1.54, 1.807) is 197 Å². The number of carbonyl (C=O) groups excluding carboxylic acids is 3. The Labute approximate surface area is 794 Å². The van der Waals surface area contributed by atoms with Crippen molar-refractivity contribution in [3.8, 4) is 0 Å². The van der Waals surface area contributed by atoms with Crippen LogP contribution in [0.3, 0.4) is 0 Å². The number of halogens is 7. The number of rotatable bonds is 14. The first-order valence-electron chi connectivity index (χ1n) is 37.4. The van der Waals surface area contributed by atoms with Crippen LogP contribution in [0.2, 0.25) is 20.1 Å². The maximum absolute atomic E-state index is 13.1. The largest absolute Gasteiger partial charge is 1.00 e. The van der Waals surface area contributed by atoms with E-state index in [4.69, 9.17) is 68.6 Å². The fourth-order valence-electron chi connectivity index (χ4n) is 9.92. The van der Waals surface area contributed by atoms with Gasteiger partial charge in [-0.05, 0) is 233 Å². The SMILES string of the molecule is CC(=O)N(c1ccncc1)c1cc(Cl)ccc1NS(=O)(=O)c1ccc(C(C)(C)C)cc1.CC(=O)OC(C)=O.CC(C)(C)[O-].CC(C)(C)c1ccc(S(=O)(=O)Cl)cc1.CC(C)(C)c1ccc(S(=O)(=O)Nc2ccc(Cl)cc2Br)cc1.CC(C)(C)c1ccc(S(=O)(=O)Nc2ccc(Cl)cc2Nc2ccncc2)cc1.Nc1ccc(Cl)cc1Br.Nc1ccccc1.[Na+]. The predicted octanol–water partition coefficient (Wildman–Crippen LogP) is 20.4. The molecule has 0 radical (unpaired) electrons. The first-order chi connectivity index (χ1) is 56.7. The quantitative estimate of drug-likeness (QED) is 0.0194. The van der Waals surface area contributed by atoms with Gasteiger partial charge in [-0.2, -0.15) is 0 Å². The zero-order valence-electron chi connectivity index (χ0n) is 72.3. The number of hydrogen-bond donors (Lipinski definition) is 6. The summed E-state index contributed by atoms with van der Waals surface area (Å²) in [4.78, 5) is 42.1. The number of nitrogen functional groups attached to an aromatic ring is 2. The predicted molar refractivity (Wildman–Crippen MR) is 509 cm³/mol. The van der Waals surface area contributed by atoms with E-state index < -0.39 is 56.7 Å². The van der Waals surface area contributed by atoms with Crippen molar-refractivity contribution in [1.29, 1.82) is 0 Å². The van der Waals surface area contributed by atoms with Crippen LogP contribution in [0, 0.1) is 0 Å². The van der Waals surface area contributed by atoms with Gasteiger partial charge in [0.05, 0.1) is 53.7 Å². The Bertz CT molecular complexity index is 5790. The van der Waals surface area contributed by atoms with Crippen LogP contribution in [0.1, 0.15) is 147 Å². The van der Waals surface area contributed by atoms with Crippen LogP contribution in [0.5, 0.6) is 0 Å². The minimum absolute atomic E-state index is 0. The minimum Gasteiger partial charge on any atom is -0.850 e. The van der Waals surface area contributed by atoms with Crippen molar-refractivity contribution in [3.05, 3.63) is 301 Å². The molecule has 0 unspecified atom stereocenters. The number of benzene rings is 9. The number of amides is 1. The van der Waals surface area contributed by atoms with Gasteiger partial charge in [0.15, 0.2) is 0 Å². The molecule has 0 atom stereocenters. The molecule has 0 spiro atoms. The van der Waals surface area contributed by atoms with E-state index in [1.165, 1.54) is 43.9 Å². The number of nitrogens with one attached hydrogen (secondary N) is 4. The Hall–Kier alpha value is -8.14. The summed E-state index contributed by atoms with van der Waals surface area (Å²) in [6.45, 7) is 33.5. The number of nitrogens with zero attached hydrogens (tertiary/aromatic N) is 3. The molecule has 0 aliphatic carbocycles. The molecule has 0 bridgehead atoms. The second-order valence-corrected chi connectivity index (χ2v) is 43.1. The van der Waals surface area contributed by atoms with Crippen molar-refractivity contribution in [1.82, 2.24) is 9.97 Å². The monoisotopic (exact) mass is 2000 g/mol. The van der Waals surface area contributed by atoms with Crippen LogP contribution in [0.4, 0.5) is 51.2 Å². The molecule has 8 N–H and O–H groups in total. The molecule has 124 heavy (non-hydrogen) atoms. The standard InChI is InChI=1S/C23H24ClN3O3S.C21H22ClN3O2S.C16H17BrClNO2S.C10H13ClO2S.C6H5BrClN.C6H7N.C4H6O3.C4H9O.Na/c1-16(28)27(19-11-13-25-14-12-19)22-15-18(24)7-10-21(22)26-31(29,30)20-8-5-17(6-9-20)23(2,3)4;1-21(2,3)15-4-7-18(8-5-15)28(26,27)25-19-9-6-16(22)14-20(19)24-17-10-12-23-13-11-17;1-16(2,3)11-4-7-13(8-5-11)22(20,21)19-15-9-6-12(18)10-14(15)17;1-10(2,3)8-4-6-9(7-5-8)14(11,12)13;7-5-3-4(8)1-2-6(5)9;7-6-4-2-1-3-5-6;1-3(5)7-4(2)6;1-4(2,3)5;/h5-15,26H,1-4H3;4-14,25H,1-3H3,(H,23,24);4-10,19H,1-3H3;4-7H,1-3H3;1-3H,9H2;1-5H,7H2;1-2H3;1-3H3;/q;;;;;;;-1;+1. The molecule has 22 nitrogen and oxygen atoms in total. The van der Waals surface area contributed by atoms with Gasteiger partial charge in [-0.25, -0.2) is 33.7 Å². The fourth-order valence-corrected chi connectivity index (χ4v) is 15.9. The second-order valence-electron chi connectivity index (χ2n) is 32.0. The summed E-state index contributed by atoms with van der Waals surface area (Å²) in [5.74, 6) is -1.43. The van der Waals surface area contributed by atoms with Gasteiger partial charge in [-0.15, -0.1) is 5.60 Å². The minimum atomic E-state index is -3.90. The summed E-state index contributed by atoms with van der Waals surface area (Å²) in [6, 6.07) is 63.3. The molecule has 34 heteroatoms. The van der Waals surface area contributed by atoms with Crippen molar-refractivity contribution in [2.24, 2.45) is 0 Å². The first-order valence-corrected chi connectivity index (χ1v) is 47.3. The van der Waals surface area contributed by atoms with E-state index in [-0.39, 0.29) is 82.4 Å². The molecule has 660 valence electrons. The topological polar surface area (TPSA) is 349 Å². The number of nitrogens with two attached hydrogens (primary N) is 2. The van der Waals surface area contributed by atoms with Crippen molar-refractivity contribution < 1.29 is 87.5 Å². The Morgan fingerprint density at radius 1 is 0.403 bits per heavy atom. The maximum Gasteiger partial charge on any atom is 1.00 e. The van der Waals surface area contributed by atoms with Gasteiger partial charge in [0.25, 0.3) is 39.1 Å². The third-order valence-corrected chi connectivity index (χ3v) is 24.0. The van der Waals surface area contributed by atoms with E-state index in [2.05, 4.69) is 149 Å². The molecule has 11 aromatic rings. The van der Waals surface area contributed by atoms with Crippen LogP contribution < -0.4 is 70.5 Å². The number of pyridine rings is 2. The molecule has 0 saturated heterocycles. The molecule has 0 aliphatic heterocycles. The van der Waals surface area contributed by atoms with Crippen LogP contribution in [-0.2, 0) is 79.9 Å². The van der Waals surface area contributed by atoms with Crippen molar-refractivity contribution in [2.75, 3.05) is 35.9 Å². The average molecular weight is 2010 g/mol. The van der Waals surface area contributed by atoms with Gasteiger partial charge in [0.2, 0.25) is 5.91 Å². The molecule has 1 amide bonds.